The van der Waals surface area contributed by atoms with Gasteiger partial charge in [-0.2, -0.15) is 0 Å². The molecule has 0 spiro atoms. The summed E-state index contributed by atoms with van der Waals surface area (Å²) in [6.07, 6.45) is 1.51. The van der Waals surface area contributed by atoms with Gasteiger partial charge in [0.25, 0.3) is 0 Å². The van der Waals surface area contributed by atoms with Gasteiger partial charge in [0.15, 0.2) is 5.78 Å². The van der Waals surface area contributed by atoms with Gasteiger partial charge >= 0.3 is 0 Å². The normalized spacial score (nSPS) is 11.2. The molecule has 0 fully saturated rings. The SMILES string of the molecule is Cc1ccc(C(=O)CN=Cc2csc(-c3ccc(Cl)c(Cl)c3)c2O)cc1. The first-order valence-electron chi connectivity index (χ1n) is 7.81. The van der Waals surface area contributed by atoms with Crippen LogP contribution in [-0.4, -0.2) is 23.6 Å². The van der Waals surface area contributed by atoms with Crippen LogP contribution in [0.1, 0.15) is 21.5 Å². The molecular weight excluding hydrogens is 389 g/mol. The van der Waals surface area contributed by atoms with E-state index in [2.05, 4.69) is 4.99 Å². The summed E-state index contributed by atoms with van der Waals surface area (Å²) in [6.45, 7) is 2.00. The zero-order chi connectivity index (χ0) is 18.7. The lowest BCUT2D eigenvalue weighted by Gasteiger charge is -2.02. The van der Waals surface area contributed by atoms with Crippen LogP contribution in [0.25, 0.3) is 10.4 Å². The third-order valence-electron chi connectivity index (χ3n) is 3.81. The zero-order valence-electron chi connectivity index (χ0n) is 13.9. The van der Waals surface area contributed by atoms with E-state index in [1.54, 1.807) is 35.7 Å². The maximum absolute atomic E-state index is 12.1. The van der Waals surface area contributed by atoms with Crippen LogP contribution in [0.2, 0.25) is 10.0 Å². The fraction of sp³-hybridized carbons (Fsp3) is 0.100. The molecule has 3 aromatic rings. The van der Waals surface area contributed by atoms with Crippen LogP contribution in [0.3, 0.4) is 0 Å². The van der Waals surface area contributed by atoms with Gasteiger partial charge in [-0.25, -0.2) is 0 Å². The van der Waals surface area contributed by atoms with Crippen molar-refractivity contribution < 1.29 is 9.90 Å². The highest BCUT2D eigenvalue weighted by Gasteiger charge is 2.12. The molecule has 132 valence electrons. The maximum Gasteiger partial charge on any atom is 0.184 e. The van der Waals surface area contributed by atoms with Crippen molar-refractivity contribution >= 4 is 46.5 Å². The number of aliphatic imine (C=N–C) groups is 1. The number of nitrogens with zero attached hydrogens (tertiary/aromatic N) is 1. The van der Waals surface area contributed by atoms with Crippen LogP contribution in [0.4, 0.5) is 0 Å². The molecule has 0 unspecified atom stereocenters. The highest BCUT2D eigenvalue weighted by molar-refractivity contribution is 7.14. The second kappa shape index (κ2) is 8.04. The molecule has 3 rings (SSSR count). The number of hydrogen-bond acceptors (Lipinski definition) is 4. The first kappa shape index (κ1) is 18.6. The number of aryl methyl sites for hydroxylation is 1. The fourth-order valence-corrected chi connectivity index (χ4v) is 3.56. The zero-order valence-corrected chi connectivity index (χ0v) is 16.2. The third-order valence-corrected chi connectivity index (χ3v) is 5.59. The lowest BCUT2D eigenvalue weighted by molar-refractivity contribution is 0.100. The fourth-order valence-electron chi connectivity index (χ4n) is 2.36. The Balaban J connectivity index is 1.73. The van der Waals surface area contributed by atoms with E-state index in [1.165, 1.54) is 17.6 Å². The molecule has 0 atom stereocenters. The van der Waals surface area contributed by atoms with Gasteiger partial charge in [-0.1, -0.05) is 59.1 Å². The molecule has 0 aliphatic carbocycles. The number of carbonyl (C=O) groups is 1. The third kappa shape index (κ3) is 4.15. The Bertz CT molecular complexity index is 978. The number of benzene rings is 2. The predicted molar refractivity (Wildman–Crippen MR) is 109 cm³/mol. The largest absolute Gasteiger partial charge is 0.506 e. The minimum absolute atomic E-state index is 0.0282. The Morgan fingerprint density at radius 2 is 1.88 bits per heavy atom. The number of carbonyl (C=O) groups excluding carboxylic acids is 1. The lowest BCUT2D eigenvalue weighted by Crippen LogP contribution is -2.03. The number of Topliss-reactive ketones (excluding diaryl/α,β-unsaturated/α-hetero) is 1. The lowest BCUT2D eigenvalue weighted by atomic mass is 10.1. The van der Waals surface area contributed by atoms with Gasteiger partial charge in [-0.15, -0.1) is 11.3 Å². The van der Waals surface area contributed by atoms with Gasteiger partial charge in [-0.3, -0.25) is 9.79 Å². The average Bonchev–Trinajstić information content (AvgIpc) is 2.99. The van der Waals surface area contributed by atoms with Crippen molar-refractivity contribution in [3.8, 4) is 16.2 Å². The average molecular weight is 404 g/mol. The van der Waals surface area contributed by atoms with Crippen LogP contribution in [0.5, 0.6) is 5.75 Å². The summed E-state index contributed by atoms with van der Waals surface area (Å²) in [4.78, 5) is 17.0. The van der Waals surface area contributed by atoms with Gasteiger partial charge in [0.1, 0.15) is 12.3 Å². The number of aromatic hydroxyl groups is 1. The Labute approximate surface area is 165 Å². The van der Waals surface area contributed by atoms with Crippen LogP contribution >= 0.6 is 34.5 Å². The Kier molecular flexibility index (Phi) is 5.77. The van der Waals surface area contributed by atoms with Gasteiger partial charge in [0.2, 0.25) is 0 Å². The van der Waals surface area contributed by atoms with Crippen molar-refractivity contribution in [3.05, 3.63) is 74.6 Å². The Morgan fingerprint density at radius 1 is 1.15 bits per heavy atom. The van der Waals surface area contributed by atoms with Gasteiger partial charge in [-0.05, 0) is 24.6 Å². The van der Waals surface area contributed by atoms with Crippen molar-refractivity contribution in [2.45, 2.75) is 6.92 Å². The molecule has 1 N–H and O–H groups in total. The minimum Gasteiger partial charge on any atom is -0.506 e. The van der Waals surface area contributed by atoms with Crippen LogP contribution in [-0.2, 0) is 0 Å². The summed E-state index contributed by atoms with van der Waals surface area (Å²) < 4.78 is 0. The highest BCUT2D eigenvalue weighted by Crippen LogP contribution is 2.39. The molecule has 0 bridgehead atoms. The molecule has 0 saturated heterocycles. The molecule has 1 heterocycles. The number of hydrogen-bond donors (Lipinski definition) is 1. The summed E-state index contributed by atoms with van der Waals surface area (Å²) >= 11 is 13.3. The molecule has 0 saturated carbocycles. The van der Waals surface area contributed by atoms with E-state index >= 15 is 0 Å². The second-order valence-electron chi connectivity index (χ2n) is 5.76. The van der Waals surface area contributed by atoms with Crippen molar-refractivity contribution in [2.75, 3.05) is 6.54 Å². The van der Waals surface area contributed by atoms with E-state index in [0.717, 1.165) is 11.1 Å². The molecule has 2 aromatic carbocycles. The van der Waals surface area contributed by atoms with Gasteiger partial charge in [0.05, 0.1) is 14.9 Å². The second-order valence-corrected chi connectivity index (χ2v) is 7.45. The molecule has 0 radical (unpaired) electrons. The number of thiophene rings is 1. The number of halogens is 2. The molecule has 0 amide bonds. The highest BCUT2D eigenvalue weighted by atomic mass is 35.5. The summed E-state index contributed by atoms with van der Waals surface area (Å²) in [5.74, 6) is 0.0422. The quantitative estimate of drug-likeness (QED) is 0.417. The molecule has 1 aromatic heterocycles. The van der Waals surface area contributed by atoms with Crippen LogP contribution in [0.15, 0.2) is 52.8 Å². The minimum atomic E-state index is -0.0688. The molecular formula is C20H15Cl2NO2S. The standard InChI is InChI=1S/C20H15Cl2NO2S/c1-12-2-4-13(5-3-12)18(24)10-23-9-15-11-26-20(19(15)25)14-6-7-16(21)17(22)8-14/h2-9,11,25H,10H2,1H3. The van der Waals surface area contributed by atoms with Crippen LogP contribution < -0.4 is 0 Å². The molecule has 3 nitrogen and oxygen atoms in total. The first-order chi connectivity index (χ1) is 12.5. The summed E-state index contributed by atoms with van der Waals surface area (Å²) in [7, 11) is 0. The number of ketones is 1. The van der Waals surface area contributed by atoms with Crippen molar-refractivity contribution in [3.63, 3.8) is 0 Å². The van der Waals surface area contributed by atoms with Gasteiger partial charge < -0.3 is 5.11 Å². The first-order valence-corrected chi connectivity index (χ1v) is 9.45. The monoisotopic (exact) mass is 403 g/mol. The van der Waals surface area contributed by atoms with Gasteiger partial charge in [0, 0.05) is 22.7 Å². The summed E-state index contributed by atoms with van der Waals surface area (Å²) in [5.41, 5.74) is 3.06. The van der Waals surface area contributed by atoms with Crippen molar-refractivity contribution in [1.82, 2.24) is 0 Å². The smallest absolute Gasteiger partial charge is 0.184 e. The topological polar surface area (TPSA) is 49.7 Å². The molecule has 6 heteroatoms. The Morgan fingerprint density at radius 3 is 2.58 bits per heavy atom. The van der Waals surface area contributed by atoms with E-state index in [4.69, 9.17) is 23.2 Å². The van der Waals surface area contributed by atoms with E-state index in [1.807, 2.05) is 19.1 Å². The van der Waals surface area contributed by atoms with E-state index in [9.17, 15) is 9.90 Å². The summed E-state index contributed by atoms with van der Waals surface area (Å²) in [6, 6.07) is 12.6. The predicted octanol–water partition coefficient (Wildman–Crippen LogP) is 6.04. The van der Waals surface area contributed by atoms with E-state index in [-0.39, 0.29) is 18.1 Å². The molecule has 0 aliphatic heterocycles. The molecule has 0 aliphatic rings. The summed E-state index contributed by atoms with van der Waals surface area (Å²) in [5, 5.41) is 13.1. The molecule has 26 heavy (non-hydrogen) atoms. The van der Waals surface area contributed by atoms with E-state index in [0.29, 0.717) is 26.0 Å². The van der Waals surface area contributed by atoms with E-state index < -0.39 is 0 Å². The van der Waals surface area contributed by atoms with Crippen molar-refractivity contribution in [2.24, 2.45) is 4.99 Å². The maximum atomic E-state index is 12.1. The van der Waals surface area contributed by atoms with Crippen LogP contribution in [0, 0.1) is 6.92 Å². The Hall–Kier alpha value is -2.14. The van der Waals surface area contributed by atoms with Crippen molar-refractivity contribution in [1.29, 1.82) is 0 Å². The number of rotatable bonds is 5.